The number of amides is 8. The summed E-state index contributed by atoms with van der Waals surface area (Å²) in [6.45, 7) is 4.76. The summed E-state index contributed by atoms with van der Waals surface area (Å²) in [5, 5.41) is 38.7. The molecule has 84 heavy (non-hydrogen) atoms. The van der Waals surface area contributed by atoms with Gasteiger partial charge in [0, 0.05) is 71.9 Å². The lowest BCUT2D eigenvalue weighted by Gasteiger charge is -2.29. The molecule has 8 atom stereocenters. The smallest absolute Gasteiger partial charge is 0.300 e. The van der Waals surface area contributed by atoms with Gasteiger partial charge in [0.05, 0.1) is 6.04 Å². The first-order valence-corrected chi connectivity index (χ1v) is 29.9. The Morgan fingerprint density at radius 3 is 1.81 bits per heavy atom. The Balaban J connectivity index is 0.00000274. The van der Waals surface area contributed by atoms with Gasteiger partial charge in [-0.05, 0) is 84.7 Å². The molecule has 1 aliphatic heterocycles. The van der Waals surface area contributed by atoms with Gasteiger partial charge in [0.1, 0.15) is 48.0 Å². The fourth-order valence-corrected chi connectivity index (χ4v) is 11.6. The van der Waals surface area contributed by atoms with Gasteiger partial charge >= 0.3 is 0 Å². The molecule has 8 amide bonds. The van der Waals surface area contributed by atoms with E-state index in [9.17, 15) is 43.5 Å². The average Bonchev–Trinajstić information content (AvgIpc) is 4.31. The maximum Gasteiger partial charge on any atom is 0.300 e. The monoisotopic (exact) mass is 1190 g/mol. The summed E-state index contributed by atoms with van der Waals surface area (Å²) in [6, 6.07) is 19.5. The normalized spacial score (nSPS) is 20.1. The summed E-state index contributed by atoms with van der Waals surface area (Å²) in [5.74, 6) is -7.90. The number of carboxylic acid groups (broad SMARTS) is 1. The van der Waals surface area contributed by atoms with Crippen molar-refractivity contribution in [1.82, 2.24) is 47.2 Å². The highest BCUT2D eigenvalue weighted by Gasteiger charge is 2.36. The topological polar surface area (TPSA) is 388 Å². The van der Waals surface area contributed by atoms with Crippen LogP contribution in [0.15, 0.2) is 116 Å². The number of aliphatic carboxylic acids is 1. The van der Waals surface area contributed by atoms with Crippen molar-refractivity contribution in [2.75, 3.05) is 18.1 Å². The SMILES string of the molecule is CC(=O)O.CC(C)[C@@H]1NC(=O)[C@H](CCCCN)NC(=O)[C@H](Cc2c[nH]c3ccccc23)NC(=O)[C@@H](Cc2ccc(O)cc2)NC(=O)[C@@H](NC(=O)[C@H](N)Cc2ccccc2)CSSC[C@@H](C(=O)N[C@@H](Cc2c[nH]c3ccccc23)C(N)=O)NC1=O. The number of carboxylic acids is 1. The lowest BCUT2D eigenvalue weighted by Crippen LogP contribution is -2.61. The van der Waals surface area contributed by atoms with E-state index in [1.807, 2.05) is 66.7 Å². The summed E-state index contributed by atoms with van der Waals surface area (Å²) >= 11 is 0. The molecule has 1 saturated heterocycles. The molecule has 4 aromatic carbocycles. The number of primary amides is 1. The van der Waals surface area contributed by atoms with Gasteiger partial charge in [-0.3, -0.25) is 43.2 Å². The summed E-state index contributed by atoms with van der Waals surface area (Å²) in [5.41, 5.74) is 22.4. The van der Waals surface area contributed by atoms with Crippen LogP contribution in [-0.4, -0.2) is 140 Å². The maximum atomic E-state index is 14.9. The van der Waals surface area contributed by atoms with E-state index in [0.29, 0.717) is 29.5 Å². The van der Waals surface area contributed by atoms with Crippen molar-refractivity contribution in [1.29, 1.82) is 0 Å². The zero-order chi connectivity index (χ0) is 60.9. The molecule has 17 N–H and O–H groups in total. The van der Waals surface area contributed by atoms with Crippen LogP contribution in [0.25, 0.3) is 21.8 Å². The Kier molecular flexibility index (Phi) is 24.6. The molecule has 2 aromatic heterocycles. The lowest BCUT2D eigenvalue weighted by atomic mass is 10.00. The fourth-order valence-electron chi connectivity index (χ4n) is 9.29. The van der Waals surface area contributed by atoms with E-state index >= 15 is 0 Å². The molecule has 25 heteroatoms. The number of nitrogens with two attached hydrogens (primary N) is 3. The van der Waals surface area contributed by atoms with Crippen molar-refractivity contribution in [2.24, 2.45) is 23.1 Å². The third-order valence-electron chi connectivity index (χ3n) is 13.8. The van der Waals surface area contributed by atoms with Crippen LogP contribution in [0.4, 0.5) is 0 Å². The zero-order valence-corrected chi connectivity index (χ0v) is 48.5. The van der Waals surface area contributed by atoms with E-state index in [0.717, 1.165) is 55.9 Å². The number of fused-ring (bicyclic) bond motifs is 2. The van der Waals surface area contributed by atoms with Gasteiger partial charge in [-0.15, -0.1) is 0 Å². The number of hydrogen-bond acceptors (Lipinski definition) is 14. The number of carbonyl (C=O) groups is 9. The predicted octanol–water partition coefficient (Wildman–Crippen LogP) is 2.10. The van der Waals surface area contributed by atoms with Crippen molar-refractivity contribution in [3.63, 3.8) is 0 Å². The van der Waals surface area contributed by atoms with Crippen LogP contribution in [-0.2, 0) is 68.8 Å². The lowest BCUT2D eigenvalue weighted by molar-refractivity contribution is -0.136. The van der Waals surface area contributed by atoms with Crippen LogP contribution in [0, 0.1) is 5.92 Å². The predicted molar refractivity (Wildman–Crippen MR) is 323 cm³/mol. The van der Waals surface area contributed by atoms with Crippen LogP contribution in [0.1, 0.15) is 62.3 Å². The number of unbranched alkanes of at least 4 members (excludes halogenated alkanes) is 1. The minimum atomic E-state index is -1.40. The molecule has 23 nitrogen and oxygen atoms in total. The minimum absolute atomic E-state index is 0.00683. The maximum absolute atomic E-state index is 14.9. The molecule has 0 unspecified atom stereocenters. The number of rotatable bonds is 18. The third-order valence-corrected chi connectivity index (χ3v) is 16.2. The van der Waals surface area contributed by atoms with Gasteiger partial charge in [-0.25, -0.2) is 0 Å². The van der Waals surface area contributed by atoms with E-state index < -0.39 is 107 Å². The summed E-state index contributed by atoms with van der Waals surface area (Å²) in [6.07, 6.45) is 4.31. The van der Waals surface area contributed by atoms with E-state index in [1.165, 1.54) is 12.1 Å². The third kappa shape index (κ3) is 19.4. The molecule has 448 valence electrons. The Morgan fingerprint density at radius 1 is 0.643 bits per heavy atom. The Morgan fingerprint density at radius 2 is 1.19 bits per heavy atom. The number of aromatic hydroxyl groups is 1. The van der Waals surface area contributed by atoms with Crippen LogP contribution in [0.5, 0.6) is 5.75 Å². The molecule has 6 aromatic rings. The average molecular weight is 1190 g/mol. The molecule has 0 bridgehead atoms. The van der Waals surface area contributed by atoms with Crippen molar-refractivity contribution in [3.05, 3.63) is 138 Å². The summed E-state index contributed by atoms with van der Waals surface area (Å²) in [4.78, 5) is 130. The zero-order valence-electron chi connectivity index (χ0n) is 46.9. The number of nitrogens with one attached hydrogen (secondary N) is 9. The van der Waals surface area contributed by atoms with Gasteiger partial charge in [0.15, 0.2) is 0 Å². The Hall–Kier alpha value is -8.39. The number of para-hydroxylation sites is 2. The number of phenolic OH excluding ortho intramolecular Hbond substituents is 1. The van der Waals surface area contributed by atoms with E-state index in [4.69, 9.17) is 27.1 Å². The quantitative estimate of drug-likeness (QED) is 0.0433. The first kappa shape index (κ1) is 64.8. The van der Waals surface area contributed by atoms with Crippen molar-refractivity contribution in [2.45, 2.75) is 114 Å². The standard InChI is InChI=1S/C57H70N12O9S2.C2H4O2/c1-32(2)49-57(78)68-48(55(76)64-44(50(60)71)26-35-28-61-41-16-8-6-14-38(35)41)31-80-79-30-47(67-51(72)40(59)24-33-12-4-3-5-13-33)56(77)65-45(25-34-19-21-37(70)22-20-34)53(74)66-46(27-36-29-62-42-17-9-7-15-39(36)42)54(75)63-43(52(73)69-49)18-10-11-23-58;1-2(3)4/h3-9,12-17,19-22,28-29,32,40,43-49,61-62,70H,10-11,18,23-27,30-31,58-59H2,1-2H3,(H2,60,71)(H,63,75)(H,64,76)(H,65,77)(H,66,74)(H,67,72)(H,68,78)(H,69,73);1H3,(H,3,4)/t40-,43+,44+,45-,46+,47+,48+,49+;/m1./s1. The first-order chi connectivity index (χ1) is 40.2. The number of hydrogen-bond donors (Lipinski definition) is 14. The summed E-state index contributed by atoms with van der Waals surface area (Å²) < 4.78 is 0. The number of phenols is 1. The van der Waals surface area contributed by atoms with Crippen LogP contribution in [0.3, 0.4) is 0 Å². The van der Waals surface area contributed by atoms with Gasteiger partial charge in [0.25, 0.3) is 5.97 Å². The van der Waals surface area contributed by atoms with Crippen LogP contribution >= 0.6 is 21.6 Å². The summed E-state index contributed by atoms with van der Waals surface area (Å²) in [7, 11) is 2.13. The van der Waals surface area contributed by atoms with Gasteiger partial charge < -0.3 is 74.6 Å². The number of H-pyrrole nitrogens is 2. The molecule has 0 saturated carbocycles. The van der Waals surface area contributed by atoms with Gasteiger partial charge in [0.2, 0.25) is 47.3 Å². The minimum Gasteiger partial charge on any atom is -0.508 e. The van der Waals surface area contributed by atoms with Crippen molar-refractivity contribution in [3.8, 4) is 5.75 Å². The molecule has 0 aliphatic carbocycles. The fraction of sp³-hybridized carbons (Fsp3) is 0.373. The van der Waals surface area contributed by atoms with Crippen molar-refractivity contribution >= 4 is 96.6 Å². The second-order valence-corrected chi connectivity index (χ2v) is 23.2. The molecule has 3 heterocycles. The molecule has 1 fully saturated rings. The molecule has 1 aliphatic rings. The van der Waals surface area contributed by atoms with E-state index in [-0.39, 0.29) is 55.9 Å². The highest BCUT2D eigenvalue weighted by Crippen LogP contribution is 2.25. The van der Waals surface area contributed by atoms with Gasteiger partial charge in [-0.2, -0.15) is 0 Å². The van der Waals surface area contributed by atoms with Crippen LogP contribution < -0.4 is 54.4 Å². The molecule has 0 spiro atoms. The van der Waals surface area contributed by atoms with Gasteiger partial charge in [-0.1, -0.05) is 114 Å². The second kappa shape index (κ2) is 31.9. The number of aromatic amines is 2. The highest BCUT2D eigenvalue weighted by molar-refractivity contribution is 8.76. The Labute approximate surface area is 493 Å². The van der Waals surface area contributed by atoms with Crippen molar-refractivity contribution < 1.29 is 53.4 Å². The van der Waals surface area contributed by atoms with Crippen LogP contribution in [0.2, 0.25) is 0 Å². The largest absolute Gasteiger partial charge is 0.508 e. The Bertz CT molecular complexity index is 3230. The second-order valence-electron chi connectivity index (χ2n) is 20.7. The molecular weight excluding hydrogens is 1120 g/mol. The molecule has 7 rings (SSSR count). The number of carbonyl (C=O) groups excluding carboxylic acids is 8. The molecular formula is C59H74N12O11S2. The number of benzene rings is 4. The highest BCUT2D eigenvalue weighted by atomic mass is 33.1. The molecule has 0 radical (unpaired) electrons. The first-order valence-electron chi connectivity index (χ1n) is 27.4. The van der Waals surface area contributed by atoms with E-state index in [1.54, 1.807) is 50.5 Å². The number of aromatic nitrogens is 2. The van der Waals surface area contributed by atoms with E-state index in [2.05, 4.69) is 47.2 Å².